The molecule has 6 heteroatoms. The van der Waals surface area contributed by atoms with Gasteiger partial charge in [0.2, 0.25) is 0 Å². The van der Waals surface area contributed by atoms with E-state index in [2.05, 4.69) is 4.72 Å². The first-order valence-electron chi connectivity index (χ1n) is 5.92. The van der Waals surface area contributed by atoms with E-state index >= 15 is 0 Å². The van der Waals surface area contributed by atoms with Crippen molar-refractivity contribution in [3.8, 4) is 0 Å². The maximum absolute atomic E-state index is 12.1. The van der Waals surface area contributed by atoms with Gasteiger partial charge < -0.3 is 0 Å². The first-order valence-corrected chi connectivity index (χ1v) is 7.80. The maximum atomic E-state index is 12.1. The molecule has 0 bridgehead atoms. The van der Waals surface area contributed by atoms with Crippen molar-refractivity contribution in [2.45, 2.75) is 56.5 Å². The Morgan fingerprint density at radius 1 is 1.31 bits per heavy atom. The van der Waals surface area contributed by atoms with E-state index in [0.717, 1.165) is 32.1 Å². The zero-order valence-electron chi connectivity index (χ0n) is 9.52. The Hall–Kier alpha value is 0.160. The van der Waals surface area contributed by atoms with Gasteiger partial charge in [-0.25, -0.2) is 0 Å². The molecule has 0 aromatic carbocycles. The summed E-state index contributed by atoms with van der Waals surface area (Å²) in [7, 11) is -3.29. The number of hydrogen-bond donors (Lipinski definition) is 1. The molecule has 1 atom stereocenters. The molecule has 2 aliphatic rings. The summed E-state index contributed by atoms with van der Waals surface area (Å²) in [6.07, 6.45) is 4.56. The van der Waals surface area contributed by atoms with E-state index in [0.29, 0.717) is 6.54 Å². The number of hydrogen-bond acceptors (Lipinski definition) is 2. The fraction of sp³-hybridized carbons (Fsp3) is 1.00. The summed E-state index contributed by atoms with van der Waals surface area (Å²) >= 11 is 5.84. The van der Waals surface area contributed by atoms with Crippen LogP contribution in [0.15, 0.2) is 0 Å². The van der Waals surface area contributed by atoms with Gasteiger partial charge in [-0.3, -0.25) is 0 Å². The van der Waals surface area contributed by atoms with Crippen LogP contribution < -0.4 is 4.72 Å². The Morgan fingerprint density at radius 3 is 2.56 bits per heavy atom. The van der Waals surface area contributed by atoms with Crippen molar-refractivity contribution >= 4 is 21.8 Å². The third-order valence-electron chi connectivity index (χ3n) is 3.45. The third-order valence-corrected chi connectivity index (χ3v) is 5.59. The molecule has 2 rings (SSSR count). The molecule has 1 saturated carbocycles. The van der Waals surface area contributed by atoms with Gasteiger partial charge in [0.1, 0.15) is 0 Å². The van der Waals surface area contributed by atoms with E-state index in [4.69, 9.17) is 11.6 Å². The number of halogens is 1. The molecule has 4 nitrogen and oxygen atoms in total. The lowest BCUT2D eigenvalue weighted by Gasteiger charge is -2.37. The van der Waals surface area contributed by atoms with E-state index in [9.17, 15) is 8.42 Å². The second-order valence-electron chi connectivity index (χ2n) is 4.84. The summed E-state index contributed by atoms with van der Waals surface area (Å²) in [6.45, 7) is 2.62. The largest absolute Gasteiger partial charge is 0.279 e. The molecule has 0 spiro atoms. The summed E-state index contributed by atoms with van der Waals surface area (Å²) < 4.78 is 28.5. The van der Waals surface area contributed by atoms with Gasteiger partial charge in [-0.05, 0) is 32.6 Å². The highest BCUT2D eigenvalue weighted by Crippen LogP contribution is 2.27. The normalized spacial score (nSPS) is 37.0. The maximum Gasteiger partial charge on any atom is 0.279 e. The van der Waals surface area contributed by atoms with E-state index in [1.165, 1.54) is 0 Å². The van der Waals surface area contributed by atoms with Crippen molar-refractivity contribution < 1.29 is 8.42 Å². The smallest absolute Gasteiger partial charge is 0.199 e. The number of piperidine rings is 1. The van der Waals surface area contributed by atoms with Crippen LogP contribution in [-0.4, -0.2) is 36.7 Å². The summed E-state index contributed by atoms with van der Waals surface area (Å²) in [4.78, 5) is 0. The fourth-order valence-electron chi connectivity index (χ4n) is 2.35. The first kappa shape index (κ1) is 12.6. The highest BCUT2D eigenvalue weighted by atomic mass is 35.5. The van der Waals surface area contributed by atoms with Crippen LogP contribution in [0, 0.1) is 0 Å². The van der Waals surface area contributed by atoms with Crippen LogP contribution in [0.3, 0.4) is 0 Å². The quantitative estimate of drug-likeness (QED) is 0.787. The van der Waals surface area contributed by atoms with E-state index in [-0.39, 0.29) is 17.5 Å². The SMILES string of the molecule is CC1CCCCN1S(=O)(=O)NC1CC(Cl)C1. The Balaban J connectivity index is 1.95. The second kappa shape index (κ2) is 4.80. The van der Waals surface area contributed by atoms with Gasteiger partial charge in [0.25, 0.3) is 10.2 Å². The molecule has 94 valence electrons. The zero-order chi connectivity index (χ0) is 11.8. The minimum Gasteiger partial charge on any atom is -0.199 e. The Kier molecular flexibility index (Phi) is 3.79. The van der Waals surface area contributed by atoms with Crippen LogP contribution >= 0.6 is 11.6 Å². The lowest BCUT2D eigenvalue weighted by atomic mass is 9.94. The summed E-state index contributed by atoms with van der Waals surface area (Å²) in [6, 6.07) is 0.166. The van der Waals surface area contributed by atoms with Gasteiger partial charge in [-0.15, -0.1) is 11.6 Å². The molecule has 0 radical (unpaired) electrons. The molecule has 0 aromatic rings. The summed E-state index contributed by atoms with van der Waals surface area (Å²) in [5, 5.41) is 0.145. The molecular weight excluding hydrogens is 248 g/mol. The zero-order valence-corrected chi connectivity index (χ0v) is 11.1. The minimum absolute atomic E-state index is 0.0432. The monoisotopic (exact) mass is 266 g/mol. The van der Waals surface area contributed by atoms with Crippen molar-refractivity contribution in [1.29, 1.82) is 0 Å². The highest BCUT2D eigenvalue weighted by Gasteiger charge is 2.35. The van der Waals surface area contributed by atoms with Crippen LogP contribution in [-0.2, 0) is 10.2 Å². The average Bonchev–Trinajstić information content (AvgIpc) is 2.15. The molecule has 1 heterocycles. The molecule has 2 fully saturated rings. The van der Waals surface area contributed by atoms with Gasteiger partial charge in [0.05, 0.1) is 0 Å². The highest BCUT2D eigenvalue weighted by molar-refractivity contribution is 7.87. The van der Waals surface area contributed by atoms with Gasteiger partial charge in [0, 0.05) is 24.0 Å². The molecule has 16 heavy (non-hydrogen) atoms. The Morgan fingerprint density at radius 2 is 2.00 bits per heavy atom. The first-order chi connectivity index (χ1) is 7.49. The number of nitrogens with zero attached hydrogens (tertiary/aromatic N) is 1. The molecular formula is C10H19ClN2O2S. The van der Waals surface area contributed by atoms with Gasteiger partial charge in [0.15, 0.2) is 0 Å². The van der Waals surface area contributed by atoms with Crippen LogP contribution in [0.4, 0.5) is 0 Å². The van der Waals surface area contributed by atoms with Gasteiger partial charge in [-0.2, -0.15) is 17.4 Å². The number of nitrogens with one attached hydrogen (secondary N) is 1. The fourth-order valence-corrected chi connectivity index (χ4v) is 4.48. The summed E-state index contributed by atoms with van der Waals surface area (Å²) in [5.74, 6) is 0. The van der Waals surface area contributed by atoms with Crippen LogP contribution in [0.2, 0.25) is 0 Å². The number of rotatable bonds is 3. The molecule has 0 amide bonds. The predicted octanol–water partition coefficient (Wildman–Crippen LogP) is 1.47. The van der Waals surface area contributed by atoms with Gasteiger partial charge >= 0.3 is 0 Å². The third kappa shape index (κ3) is 2.70. The van der Waals surface area contributed by atoms with Crippen molar-refractivity contribution in [2.75, 3.05) is 6.54 Å². The Labute approximate surface area is 103 Å². The van der Waals surface area contributed by atoms with Gasteiger partial charge in [-0.1, -0.05) is 6.42 Å². The molecule has 1 unspecified atom stereocenters. The van der Waals surface area contributed by atoms with Crippen LogP contribution in [0.1, 0.15) is 39.0 Å². The van der Waals surface area contributed by atoms with Crippen molar-refractivity contribution in [1.82, 2.24) is 9.03 Å². The van der Waals surface area contributed by atoms with E-state index in [1.54, 1.807) is 4.31 Å². The lowest BCUT2D eigenvalue weighted by Crippen LogP contribution is -2.53. The summed E-state index contributed by atoms with van der Waals surface area (Å²) in [5.41, 5.74) is 0. The predicted molar refractivity (Wildman–Crippen MR) is 64.7 cm³/mol. The Bertz CT molecular complexity index is 341. The number of alkyl halides is 1. The lowest BCUT2D eigenvalue weighted by molar-refractivity contribution is 0.259. The molecule has 1 aliphatic carbocycles. The van der Waals surface area contributed by atoms with Crippen molar-refractivity contribution in [2.24, 2.45) is 0 Å². The molecule has 0 aromatic heterocycles. The molecule has 1 N–H and O–H groups in total. The second-order valence-corrected chi connectivity index (χ2v) is 7.12. The average molecular weight is 267 g/mol. The standard InChI is InChI=1S/C10H19ClN2O2S/c1-8-4-2-3-5-13(8)16(14,15)12-10-6-9(11)7-10/h8-10,12H,2-7H2,1H3. The minimum atomic E-state index is -3.29. The van der Waals surface area contributed by atoms with Crippen LogP contribution in [0.25, 0.3) is 0 Å². The topological polar surface area (TPSA) is 49.4 Å². The molecule has 1 aliphatic heterocycles. The van der Waals surface area contributed by atoms with E-state index < -0.39 is 10.2 Å². The van der Waals surface area contributed by atoms with Crippen molar-refractivity contribution in [3.63, 3.8) is 0 Å². The molecule has 1 saturated heterocycles. The van der Waals surface area contributed by atoms with Crippen LogP contribution in [0.5, 0.6) is 0 Å². The van der Waals surface area contributed by atoms with E-state index in [1.807, 2.05) is 6.92 Å². The van der Waals surface area contributed by atoms with Crippen molar-refractivity contribution in [3.05, 3.63) is 0 Å².